The number of amides is 4. The second kappa shape index (κ2) is 8.96. The maximum atomic E-state index is 13.1. The van der Waals surface area contributed by atoms with E-state index in [1.54, 1.807) is 0 Å². The summed E-state index contributed by atoms with van der Waals surface area (Å²) in [6, 6.07) is -1.49. The van der Waals surface area contributed by atoms with Crippen LogP contribution in [-0.2, 0) is 24.0 Å². The number of ketones is 1. The summed E-state index contributed by atoms with van der Waals surface area (Å²) in [4.78, 5) is 64.1. The van der Waals surface area contributed by atoms with Crippen molar-refractivity contribution in [1.82, 2.24) is 20.9 Å². The maximum absolute atomic E-state index is 13.1. The summed E-state index contributed by atoms with van der Waals surface area (Å²) in [6.45, 7) is 2.21. The third kappa shape index (κ3) is 5.62. The van der Waals surface area contributed by atoms with Gasteiger partial charge in [-0.05, 0) is 50.4 Å². The molecule has 3 aliphatic carbocycles. The normalized spacial score (nSPS) is 26.2. The van der Waals surface area contributed by atoms with Crippen molar-refractivity contribution in [3.63, 3.8) is 0 Å². The highest BCUT2D eigenvalue weighted by Crippen LogP contribution is 2.34. The zero-order valence-electron chi connectivity index (χ0n) is 18.0. The number of nitrogens with one attached hydrogen (secondary N) is 3. The molecule has 0 aromatic rings. The average Bonchev–Trinajstić information content (AvgIpc) is 3.58. The Bertz CT molecular complexity index is 772. The predicted octanol–water partition coefficient (Wildman–Crippen LogP) is -0.118. The molecule has 1 heterocycles. The Morgan fingerprint density at radius 2 is 1.65 bits per heavy atom. The highest BCUT2D eigenvalue weighted by Gasteiger charge is 2.42. The van der Waals surface area contributed by atoms with Gasteiger partial charge in [0.05, 0.1) is 12.6 Å². The molecule has 4 rings (SSSR count). The van der Waals surface area contributed by atoms with Crippen LogP contribution in [0.5, 0.6) is 0 Å². The second-order valence-corrected chi connectivity index (χ2v) is 9.64. The molecule has 1 saturated heterocycles. The summed E-state index contributed by atoms with van der Waals surface area (Å²) < 4.78 is 0. The fraction of sp³-hybridized carbons (Fsp3) is 0.773. The van der Waals surface area contributed by atoms with Crippen molar-refractivity contribution < 1.29 is 24.0 Å². The van der Waals surface area contributed by atoms with E-state index < -0.39 is 29.7 Å². The minimum Gasteiger partial charge on any atom is -0.347 e. The van der Waals surface area contributed by atoms with Gasteiger partial charge in [-0.2, -0.15) is 0 Å². The van der Waals surface area contributed by atoms with Gasteiger partial charge in [0.15, 0.2) is 0 Å². The van der Waals surface area contributed by atoms with Gasteiger partial charge in [0.2, 0.25) is 23.5 Å². The lowest BCUT2D eigenvalue weighted by Crippen LogP contribution is -2.55. The van der Waals surface area contributed by atoms with Gasteiger partial charge < -0.3 is 20.9 Å². The zero-order chi connectivity index (χ0) is 22.1. The van der Waals surface area contributed by atoms with Crippen LogP contribution in [-0.4, -0.2) is 65.5 Å². The predicted molar refractivity (Wildman–Crippen MR) is 110 cm³/mol. The highest BCUT2D eigenvalue weighted by molar-refractivity contribution is 6.38. The van der Waals surface area contributed by atoms with Crippen LogP contribution in [0.4, 0.5) is 0 Å². The minimum atomic E-state index is -0.863. The van der Waals surface area contributed by atoms with Gasteiger partial charge in [-0.3, -0.25) is 24.0 Å². The van der Waals surface area contributed by atoms with E-state index in [0.29, 0.717) is 25.3 Å². The Morgan fingerprint density at radius 1 is 0.935 bits per heavy atom. The van der Waals surface area contributed by atoms with Crippen LogP contribution in [0.25, 0.3) is 0 Å². The van der Waals surface area contributed by atoms with E-state index in [1.807, 2.05) is 6.92 Å². The number of hydrogen-bond acceptors (Lipinski definition) is 5. The fourth-order valence-electron chi connectivity index (χ4n) is 4.20. The molecule has 4 amide bonds. The van der Waals surface area contributed by atoms with Crippen molar-refractivity contribution >= 4 is 29.4 Å². The van der Waals surface area contributed by atoms with Crippen molar-refractivity contribution in [2.45, 2.75) is 76.4 Å². The third-order valence-corrected chi connectivity index (χ3v) is 6.69. The summed E-state index contributed by atoms with van der Waals surface area (Å²) in [6.07, 6.45) is 6.59. The molecule has 3 unspecified atom stereocenters. The van der Waals surface area contributed by atoms with Crippen LogP contribution in [0, 0.1) is 17.8 Å². The Labute approximate surface area is 182 Å². The number of Topliss-reactive ketones (excluding diaryl/α,β-unsaturated/α-hetero) is 1. The first-order chi connectivity index (χ1) is 14.8. The van der Waals surface area contributed by atoms with E-state index in [9.17, 15) is 24.0 Å². The first-order valence-corrected chi connectivity index (χ1v) is 11.6. The van der Waals surface area contributed by atoms with Crippen LogP contribution in [0.1, 0.15) is 58.3 Å². The molecule has 9 heteroatoms. The number of rotatable bonds is 10. The van der Waals surface area contributed by atoms with Crippen LogP contribution in [0.3, 0.4) is 0 Å². The molecule has 31 heavy (non-hydrogen) atoms. The monoisotopic (exact) mass is 432 g/mol. The number of carbonyl (C=O) groups is 5. The minimum absolute atomic E-state index is 0.0142. The summed E-state index contributed by atoms with van der Waals surface area (Å²) in [7, 11) is 0. The second-order valence-electron chi connectivity index (χ2n) is 9.64. The fourth-order valence-corrected chi connectivity index (χ4v) is 4.20. The summed E-state index contributed by atoms with van der Waals surface area (Å²) in [5.41, 5.74) is 0. The lowest BCUT2D eigenvalue weighted by atomic mass is 9.99. The van der Waals surface area contributed by atoms with Gasteiger partial charge in [-0.15, -0.1) is 0 Å². The molecule has 9 nitrogen and oxygen atoms in total. The Kier molecular flexibility index (Phi) is 6.29. The number of nitrogens with zero attached hydrogens (tertiary/aromatic N) is 1. The number of likely N-dealkylation sites (tertiary alicyclic amines) is 1. The Morgan fingerprint density at radius 3 is 2.26 bits per heavy atom. The van der Waals surface area contributed by atoms with E-state index in [1.165, 1.54) is 4.90 Å². The largest absolute Gasteiger partial charge is 0.347 e. The highest BCUT2D eigenvalue weighted by atomic mass is 16.2. The topological polar surface area (TPSA) is 125 Å². The molecule has 0 aromatic carbocycles. The van der Waals surface area contributed by atoms with Crippen LogP contribution in [0.15, 0.2) is 0 Å². The van der Waals surface area contributed by atoms with E-state index >= 15 is 0 Å². The molecular weight excluding hydrogens is 400 g/mol. The molecule has 0 aromatic heterocycles. The zero-order valence-corrected chi connectivity index (χ0v) is 18.0. The standard InChI is InChI=1S/C22H32N4O5/c1-12-8-9-26(17(27)11-23-20(29)14-4-5-14)18(12)21(30)25-16(10-13-2-3-13)19(28)22(31)24-15-6-7-15/h12-16,18H,2-11H2,1H3,(H,23,29)(H,24,31)(H,25,30). The van der Waals surface area contributed by atoms with Crippen LogP contribution < -0.4 is 16.0 Å². The molecule has 1 aliphatic heterocycles. The van der Waals surface area contributed by atoms with Gasteiger partial charge in [0, 0.05) is 18.5 Å². The van der Waals surface area contributed by atoms with Crippen molar-refractivity contribution in [3.8, 4) is 0 Å². The van der Waals surface area contributed by atoms with Gasteiger partial charge >= 0.3 is 0 Å². The lowest BCUT2D eigenvalue weighted by molar-refractivity contribution is -0.142. The molecule has 0 radical (unpaired) electrons. The van der Waals surface area contributed by atoms with Crippen molar-refractivity contribution in [1.29, 1.82) is 0 Å². The maximum Gasteiger partial charge on any atom is 0.289 e. The molecule has 4 fully saturated rings. The molecular formula is C22H32N4O5. The van der Waals surface area contributed by atoms with Gasteiger partial charge in [0.25, 0.3) is 5.91 Å². The number of carbonyl (C=O) groups excluding carboxylic acids is 5. The van der Waals surface area contributed by atoms with Gasteiger partial charge in [-0.1, -0.05) is 19.8 Å². The molecule has 0 bridgehead atoms. The average molecular weight is 433 g/mol. The first-order valence-electron chi connectivity index (χ1n) is 11.6. The van der Waals surface area contributed by atoms with E-state index in [2.05, 4.69) is 16.0 Å². The van der Waals surface area contributed by atoms with E-state index in [-0.39, 0.29) is 36.2 Å². The van der Waals surface area contributed by atoms with Crippen LogP contribution in [0.2, 0.25) is 0 Å². The van der Waals surface area contributed by atoms with Gasteiger partial charge in [-0.25, -0.2) is 0 Å². The van der Waals surface area contributed by atoms with E-state index in [0.717, 1.165) is 38.5 Å². The van der Waals surface area contributed by atoms with Crippen LogP contribution >= 0.6 is 0 Å². The quantitative estimate of drug-likeness (QED) is 0.415. The molecule has 3 N–H and O–H groups in total. The summed E-state index contributed by atoms with van der Waals surface area (Å²) in [5, 5.41) is 8.14. The molecule has 170 valence electrons. The summed E-state index contributed by atoms with van der Waals surface area (Å²) >= 11 is 0. The van der Waals surface area contributed by atoms with Crippen molar-refractivity contribution in [2.75, 3.05) is 13.1 Å². The molecule has 4 aliphatic rings. The SMILES string of the molecule is CC1CCN(C(=O)CNC(=O)C2CC2)C1C(=O)NC(CC1CC1)C(=O)C(=O)NC1CC1. The Balaban J connectivity index is 1.36. The molecule has 0 spiro atoms. The molecule has 3 saturated carbocycles. The smallest absolute Gasteiger partial charge is 0.289 e. The van der Waals surface area contributed by atoms with Gasteiger partial charge in [0.1, 0.15) is 6.04 Å². The Hall–Kier alpha value is -2.45. The van der Waals surface area contributed by atoms with Crippen molar-refractivity contribution in [2.24, 2.45) is 17.8 Å². The lowest BCUT2D eigenvalue weighted by Gasteiger charge is -2.28. The number of hydrogen-bond donors (Lipinski definition) is 3. The molecule has 3 atom stereocenters. The first kappa shape index (κ1) is 21.8. The third-order valence-electron chi connectivity index (χ3n) is 6.69. The van der Waals surface area contributed by atoms with Crippen molar-refractivity contribution in [3.05, 3.63) is 0 Å². The van der Waals surface area contributed by atoms with E-state index in [4.69, 9.17) is 0 Å². The summed E-state index contributed by atoms with van der Waals surface area (Å²) in [5.74, 6) is -1.76.